The van der Waals surface area contributed by atoms with Crippen molar-refractivity contribution in [2.24, 2.45) is 0 Å². The van der Waals surface area contributed by atoms with E-state index in [0.29, 0.717) is 11.3 Å². The standard InChI is InChI=1S/C33H29N7O3/c1-39(33-36-26-16-8-9-17-27(26)37-33)32(43)29(41)28(21-22-11-4-2-5-12-22)35-31(42)24-15-10-19-34-30(24)40-20-18-25(38-40)23-13-6-3-7-14-23/h2-20,28-29,41H,21H2,1H3,(H,35,42)(H,36,37). The van der Waals surface area contributed by atoms with E-state index in [1.807, 2.05) is 91.0 Å². The van der Waals surface area contributed by atoms with Crippen LogP contribution < -0.4 is 10.2 Å². The molecule has 6 rings (SSSR count). The van der Waals surface area contributed by atoms with E-state index in [0.717, 1.165) is 22.3 Å². The Labute approximate surface area is 247 Å². The minimum atomic E-state index is -1.57. The molecule has 0 spiro atoms. The highest BCUT2D eigenvalue weighted by Gasteiger charge is 2.32. The molecule has 43 heavy (non-hydrogen) atoms. The Morgan fingerprint density at radius 3 is 2.42 bits per heavy atom. The van der Waals surface area contributed by atoms with Crippen LogP contribution in [-0.2, 0) is 11.2 Å². The first-order chi connectivity index (χ1) is 21.0. The summed E-state index contributed by atoms with van der Waals surface area (Å²) in [6, 6.07) is 30.6. The number of aromatic amines is 1. The molecule has 2 unspecified atom stereocenters. The molecule has 0 fully saturated rings. The lowest BCUT2D eigenvalue weighted by molar-refractivity contribution is -0.127. The molecule has 0 aliphatic carbocycles. The van der Waals surface area contributed by atoms with Crippen LogP contribution in [0.1, 0.15) is 15.9 Å². The normalized spacial score (nSPS) is 12.5. The molecule has 0 saturated carbocycles. The molecule has 3 aromatic heterocycles. The van der Waals surface area contributed by atoms with E-state index in [1.165, 1.54) is 11.9 Å². The van der Waals surface area contributed by atoms with Gasteiger partial charge in [-0.15, -0.1) is 0 Å². The Bertz CT molecular complexity index is 1830. The number of benzene rings is 3. The number of carbonyl (C=O) groups excluding carboxylic acids is 2. The number of anilines is 1. The number of hydrogen-bond acceptors (Lipinski definition) is 6. The molecular weight excluding hydrogens is 542 g/mol. The topological polar surface area (TPSA) is 129 Å². The zero-order valence-corrected chi connectivity index (χ0v) is 23.3. The first-order valence-corrected chi connectivity index (χ1v) is 13.8. The molecule has 0 radical (unpaired) electrons. The fourth-order valence-corrected chi connectivity index (χ4v) is 4.89. The minimum absolute atomic E-state index is 0.211. The van der Waals surface area contributed by atoms with Crippen LogP contribution in [0.4, 0.5) is 5.95 Å². The Balaban J connectivity index is 1.27. The van der Waals surface area contributed by atoms with E-state index in [4.69, 9.17) is 0 Å². The summed E-state index contributed by atoms with van der Waals surface area (Å²) >= 11 is 0. The summed E-state index contributed by atoms with van der Waals surface area (Å²) in [5.74, 6) is -0.511. The maximum absolute atomic E-state index is 13.8. The summed E-state index contributed by atoms with van der Waals surface area (Å²) in [6.07, 6.45) is 1.96. The number of carbonyl (C=O) groups is 2. The quantitative estimate of drug-likeness (QED) is 0.239. The molecule has 3 aromatic carbocycles. The van der Waals surface area contributed by atoms with E-state index in [2.05, 4.69) is 25.4 Å². The molecule has 2 amide bonds. The Kier molecular flexibility index (Phi) is 7.75. The number of likely N-dealkylation sites (N-methyl/N-ethyl adjacent to an activating group) is 1. The van der Waals surface area contributed by atoms with Gasteiger partial charge in [0.05, 0.1) is 28.3 Å². The Morgan fingerprint density at radius 2 is 1.65 bits per heavy atom. The summed E-state index contributed by atoms with van der Waals surface area (Å²) < 4.78 is 1.54. The van der Waals surface area contributed by atoms with Crippen molar-refractivity contribution in [3.63, 3.8) is 0 Å². The number of imidazole rings is 1. The molecule has 3 N–H and O–H groups in total. The molecule has 0 aliphatic rings. The lowest BCUT2D eigenvalue weighted by atomic mass is 9.99. The number of fused-ring (bicyclic) bond motifs is 1. The second-order valence-corrected chi connectivity index (χ2v) is 10.1. The van der Waals surface area contributed by atoms with E-state index in [-0.39, 0.29) is 17.9 Å². The van der Waals surface area contributed by atoms with Gasteiger partial charge in [-0.1, -0.05) is 72.8 Å². The van der Waals surface area contributed by atoms with Gasteiger partial charge in [0.2, 0.25) is 5.95 Å². The average Bonchev–Trinajstić information content (AvgIpc) is 3.72. The highest BCUT2D eigenvalue weighted by Crippen LogP contribution is 2.21. The van der Waals surface area contributed by atoms with Crippen LogP contribution in [0.5, 0.6) is 0 Å². The van der Waals surface area contributed by atoms with Crippen LogP contribution in [0.15, 0.2) is 116 Å². The van der Waals surface area contributed by atoms with E-state index in [1.54, 1.807) is 29.2 Å². The predicted molar refractivity (Wildman–Crippen MR) is 164 cm³/mol. The van der Waals surface area contributed by atoms with Crippen LogP contribution in [0, 0.1) is 0 Å². The van der Waals surface area contributed by atoms with Crippen molar-refractivity contribution in [3.8, 4) is 17.1 Å². The first-order valence-electron chi connectivity index (χ1n) is 13.8. The molecule has 0 bridgehead atoms. The fraction of sp³-hybridized carbons (Fsp3) is 0.121. The zero-order chi connectivity index (χ0) is 29.8. The van der Waals surface area contributed by atoms with Gasteiger partial charge in [0.1, 0.15) is 0 Å². The Morgan fingerprint density at radius 1 is 0.930 bits per heavy atom. The number of aromatic nitrogens is 5. The smallest absolute Gasteiger partial charge is 0.260 e. The SMILES string of the molecule is CN(C(=O)C(O)C(Cc1ccccc1)NC(=O)c1cccnc1-n1ccc(-c2ccccc2)n1)c1nc2ccccc2[nH]1. The van der Waals surface area contributed by atoms with Gasteiger partial charge in [0.25, 0.3) is 11.8 Å². The second kappa shape index (κ2) is 12.1. The first kappa shape index (κ1) is 27.6. The summed E-state index contributed by atoms with van der Waals surface area (Å²) in [4.78, 5) is 40.6. The van der Waals surface area contributed by atoms with Gasteiger partial charge in [-0.3, -0.25) is 14.5 Å². The van der Waals surface area contributed by atoms with Crippen LogP contribution in [-0.4, -0.2) is 60.8 Å². The number of H-pyrrole nitrogens is 1. The van der Waals surface area contributed by atoms with Crippen molar-refractivity contribution in [1.29, 1.82) is 0 Å². The van der Waals surface area contributed by atoms with E-state index in [9.17, 15) is 14.7 Å². The molecule has 0 aliphatic heterocycles. The van der Waals surface area contributed by atoms with Crippen molar-refractivity contribution in [3.05, 3.63) is 127 Å². The van der Waals surface area contributed by atoms with Crippen LogP contribution in [0.25, 0.3) is 28.1 Å². The number of pyridine rings is 1. The fourth-order valence-electron chi connectivity index (χ4n) is 4.89. The summed E-state index contributed by atoms with van der Waals surface area (Å²) in [5.41, 5.74) is 4.21. The van der Waals surface area contributed by atoms with Crippen LogP contribution >= 0.6 is 0 Å². The number of rotatable bonds is 9. The van der Waals surface area contributed by atoms with E-state index >= 15 is 0 Å². The summed E-state index contributed by atoms with van der Waals surface area (Å²) in [6.45, 7) is 0. The number of amides is 2. The van der Waals surface area contributed by atoms with Gasteiger partial charge < -0.3 is 15.4 Å². The highest BCUT2D eigenvalue weighted by atomic mass is 16.3. The number of nitrogens with one attached hydrogen (secondary N) is 2. The zero-order valence-electron chi connectivity index (χ0n) is 23.3. The van der Waals surface area contributed by atoms with Crippen molar-refractivity contribution >= 4 is 28.8 Å². The van der Waals surface area contributed by atoms with Crippen LogP contribution in [0.2, 0.25) is 0 Å². The lowest BCUT2D eigenvalue weighted by Gasteiger charge is -2.26. The molecule has 6 aromatic rings. The maximum atomic E-state index is 13.8. The van der Waals surface area contributed by atoms with Gasteiger partial charge in [-0.05, 0) is 42.3 Å². The van der Waals surface area contributed by atoms with Crippen LogP contribution in [0.3, 0.4) is 0 Å². The largest absolute Gasteiger partial charge is 0.381 e. The number of aliphatic hydroxyl groups excluding tert-OH is 1. The predicted octanol–water partition coefficient (Wildman–Crippen LogP) is 4.18. The molecule has 10 heteroatoms. The molecule has 3 heterocycles. The molecule has 2 atom stereocenters. The van der Waals surface area contributed by atoms with Crippen molar-refractivity contribution < 1.29 is 14.7 Å². The second-order valence-electron chi connectivity index (χ2n) is 10.1. The highest BCUT2D eigenvalue weighted by molar-refractivity contribution is 5.99. The van der Waals surface area contributed by atoms with Crippen molar-refractivity contribution in [2.45, 2.75) is 18.6 Å². The van der Waals surface area contributed by atoms with Crippen molar-refractivity contribution in [2.75, 3.05) is 11.9 Å². The van der Waals surface area contributed by atoms with Gasteiger partial charge in [0, 0.05) is 25.0 Å². The lowest BCUT2D eigenvalue weighted by Crippen LogP contribution is -2.52. The third-order valence-electron chi connectivity index (χ3n) is 7.18. The van der Waals surface area contributed by atoms with Gasteiger partial charge >= 0.3 is 0 Å². The van der Waals surface area contributed by atoms with Gasteiger partial charge in [-0.25, -0.2) is 14.6 Å². The minimum Gasteiger partial charge on any atom is -0.381 e. The third-order valence-corrected chi connectivity index (χ3v) is 7.18. The number of aliphatic hydroxyl groups is 1. The van der Waals surface area contributed by atoms with E-state index < -0.39 is 24.0 Å². The van der Waals surface area contributed by atoms with Gasteiger partial charge in [0.15, 0.2) is 11.9 Å². The number of hydrogen-bond donors (Lipinski definition) is 3. The Hall–Kier alpha value is -5.61. The summed E-state index contributed by atoms with van der Waals surface area (Å²) in [5, 5.41) is 18.9. The molecule has 214 valence electrons. The third kappa shape index (κ3) is 5.90. The summed E-state index contributed by atoms with van der Waals surface area (Å²) in [7, 11) is 1.53. The molecule has 10 nitrogen and oxygen atoms in total. The van der Waals surface area contributed by atoms with Crippen molar-refractivity contribution in [1.82, 2.24) is 30.0 Å². The number of para-hydroxylation sites is 2. The maximum Gasteiger partial charge on any atom is 0.260 e. The average molecular weight is 572 g/mol. The molecule has 0 saturated heterocycles. The van der Waals surface area contributed by atoms with Gasteiger partial charge in [-0.2, -0.15) is 5.10 Å². The molecular formula is C33H29N7O3. The monoisotopic (exact) mass is 571 g/mol. The number of nitrogens with zero attached hydrogens (tertiary/aromatic N) is 5.